The predicted octanol–water partition coefficient (Wildman–Crippen LogP) is 1.41. The van der Waals surface area contributed by atoms with E-state index in [4.69, 9.17) is 4.74 Å². The van der Waals surface area contributed by atoms with Crippen LogP contribution in [0, 0.1) is 0 Å². The summed E-state index contributed by atoms with van der Waals surface area (Å²) in [4.78, 5) is 0. The molecule has 0 saturated carbocycles. The van der Waals surface area contributed by atoms with Crippen molar-refractivity contribution in [1.29, 1.82) is 0 Å². The fourth-order valence-corrected chi connectivity index (χ4v) is 2.69. The maximum absolute atomic E-state index is 9.54. The Morgan fingerprint density at radius 2 is 2.11 bits per heavy atom. The normalized spacial score (nSPS) is 18.4. The van der Waals surface area contributed by atoms with Crippen LogP contribution in [-0.4, -0.2) is 36.1 Å². The Balaban J connectivity index is 2.21. The molecule has 0 spiro atoms. The Labute approximate surface area is 114 Å². The van der Waals surface area contributed by atoms with E-state index in [0.717, 1.165) is 18.6 Å². The van der Waals surface area contributed by atoms with Gasteiger partial charge in [0.25, 0.3) is 0 Å². The average molecular weight is 265 g/mol. The second-order valence-electron chi connectivity index (χ2n) is 5.25. The van der Waals surface area contributed by atoms with Crippen LogP contribution in [0.2, 0.25) is 0 Å². The lowest BCUT2D eigenvalue weighted by Crippen LogP contribution is -2.52. The van der Waals surface area contributed by atoms with Gasteiger partial charge in [-0.15, -0.1) is 0 Å². The summed E-state index contributed by atoms with van der Waals surface area (Å²) in [6.45, 7) is 1.85. The van der Waals surface area contributed by atoms with Gasteiger partial charge in [-0.2, -0.15) is 0 Å². The Bertz CT molecular complexity index is 421. The number of aliphatic hydroxyl groups is 2. The number of hydrogen-bond donors (Lipinski definition) is 3. The first kappa shape index (κ1) is 14.3. The highest BCUT2D eigenvalue weighted by molar-refractivity contribution is 5.41. The molecule has 0 radical (unpaired) electrons. The molecule has 0 saturated heterocycles. The Kier molecular flexibility index (Phi) is 4.45. The minimum atomic E-state index is -0.602. The molecule has 0 amide bonds. The summed E-state index contributed by atoms with van der Waals surface area (Å²) in [5.41, 5.74) is 1.94. The predicted molar refractivity (Wildman–Crippen MR) is 74.4 cm³/mol. The first-order valence-electron chi connectivity index (χ1n) is 6.84. The van der Waals surface area contributed by atoms with Crippen LogP contribution in [0.25, 0.3) is 0 Å². The van der Waals surface area contributed by atoms with Crippen molar-refractivity contribution in [2.24, 2.45) is 0 Å². The fourth-order valence-electron chi connectivity index (χ4n) is 2.69. The second kappa shape index (κ2) is 5.90. The molecule has 1 atom stereocenters. The van der Waals surface area contributed by atoms with Crippen LogP contribution in [0.5, 0.6) is 5.75 Å². The molecule has 0 heterocycles. The standard InChI is InChI=1S/C15H23NO3/c1-3-15(9-17,10-18)16-14-7-5-11-4-6-12(19-2)8-13(11)14/h4,6,8,14,16-18H,3,5,7,9-10H2,1-2H3. The number of benzene rings is 1. The van der Waals surface area contributed by atoms with Gasteiger partial charge in [-0.1, -0.05) is 13.0 Å². The third-order valence-electron chi connectivity index (χ3n) is 4.19. The molecule has 0 fully saturated rings. The Morgan fingerprint density at radius 1 is 1.37 bits per heavy atom. The lowest BCUT2D eigenvalue weighted by Gasteiger charge is -2.33. The third kappa shape index (κ3) is 2.76. The summed E-state index contributed by atoms with van der Waals surface area (Å²) >= 11 is 0. The van der Waals surface area contributed by atoms with Gasteiger partial charge in [-0.3, -0.25) is 0 Å². The summed E-state index contributed by atoms with van der Waals surface area (Å²) in [5, 5.41) is 22.5. The lowest BCUT2D eigenvalue weighted by molar-refractivity contribution is 0.0775. The van der Waals surface area contributed by atoms with E-state index >= 15 is 0 Å². The number of aryl methyl sites for hydroxylation is 1. The molecule has 1 aromatic carbocycles. The van der Waals surface area contributed by atoms with E-state index in [0.29, 0.717) is 6.42 Å². The van der Waals surface area contributed by atoms with Gasteiger partial charge in [-0.05, 0) is 42.5 Å². The van der Waals surface area contributed by atoms with Gasteiger partial charge in [0.15, 0.2) is 0 Å². The molecule has 4 nitrogen and oxygen atoms in total. The number of hydrogen-bond acceptors (Lipinski definition) is 4. The van der Waals surface area contributed by atoms with E-state index in [2.05, 4.69) is 17.4 Å². The number of methoxy groups -OCH3 is 1. The van der Waals surface area contributed by atoms with E-state index < -0.39 is 5.54 Å². The van der Waals surface area contributed by atoms with Crippen LogP contribution >= 0.6 is 0 Å². The lowest BCUT2D eigenvalue weighted by atomic mass is 9.95. The zero-order valence-electron chi connectivity index (χ0n) is 11.6. The van der Waals surface area contributed by atoms with Crippen molar-refractivity contribution in [3.05, 3.63) is 29.3 Å². The van der Waals surface area contributed by atoms with Crippen LogP contribution in [-0.2, 0) is 6.42 Å². The zero-order chi connectivity index (χ0) is 13.9. The molecule has 1 aliphatic carbocycles. The van der Waals surface area contributed by atoms with Crippen LogP contribution in [0.4, 0.5) is 0 Å². The van der Waals surface area contributed by atoms with Crippen LogP contribution in [0.3, 0.4) is 0 Å². The maximum Gasteiger partial charge on any atom is 0.119 e. The second-order valence-corrected chi connectivity index (χ2v) is 5.25. The maximum atomic E-state index is 9.54. The summed E-state index contributed by atoms with van der Waals surface area (Å²) in [7, 11) is 1.66. The topological polar surface area (TPSA) is 61.7 Å². The molecule has 1 aliphatic rings. The summed E-state index contributed by atoms with van der Waals surface area (Å²) in [6, 6.07) is 6.30. The number of nitrogens with one attached hydrogen (secondary N) is 1. The van der Waals surface area contributed by atoms with Gasteiger partial charge < -0.3 is 20.3 Å². The van der Waals surface area contributed by atoms with Crippen LogP contribution in [0.1, 0.15) is 36.9 Å². The van der Waals surface area contributed by atoms with Gasteiger partial charge in [-0.25, -0.2) is 0 Å². The molecule has 19 heavy (non-hydrogen) atoms. The van der Waals surface area contributed by atoms with E-state index in [1.807, 2.05) is 13.0 Å². The molecule has 0 aromatic heterocycles. The molecule has 4 heteroatoms. The van der Waals surface area contributed by atoms with Crippen molar-refractivity contribution >= 4 is 0 Å². The van der Waals surface area contributed by atoms with E-state index in [1.165, 1.54) is 11.1 Å². The minimum absolute atomic E-state index is 0.0597. The monoisotopic (exact) mass is 265 g/mol. The summed E-state index contributed by atoms with van der Waals surface area (Å²) < 4.78 is 5.27. The van der Waals surface area contributed by atoms with Crippen molar-refractivity contribution in [2.45, 2.75) is 37.8 Å². The van der Waals surface area contributed by atoms with Crippen LogP contribution < -0.4 is 10.1 Å². The van der Waals surface area contributed by atoms with Crippen molar-refractivity contribution < 1.29 is 14.9 Å². The Hall–Kier alpha value is -1.10. The fraction of sp³-hybridized carbons (Fsp3) is 0.600. The molecular formula is C15H23NO3. The largest absolute Gasteiger partial charge is 0.497 e. The highest BCUT2D eigenvalue weighted by Crippen LogP contribution is 2.35. The number of aliphatic hydroxyl groups excluding tert-OH is 2. The minimum Gasteiger partial charge on any atom is -0.497 e. The smallest absolute Gasteiger partial charge is 0.119 e. The van der Waals surface area contributed by atoms with E-state index in [1.54, 1.807) is 7.11 Å². The van der Waals surface area contributed by atoms with Gasteiger partial charge in [0, 0.05) is 6.04 Å². The van der Waals surface area contributed by atoms with Gasteiger partial charge >= 0.3 is 0 Å². The SMILES string of the molecule is CCC(CO)(CO)NC1CCc2ccc(OC)cc21. The molecular weight excluding hydrogens is 242 g/mol. The third-order valence-corrected chi connectivity index (χ3v) is 4.19. The van der Waals surface area contributed by atoms with Crippen molar-refractivity contribution in [2.75, 3.05) is 20.3 Å². The van der Waals surface area contributed by atoms with Crippen LogP contribution in [0.15, 0.2) is 18.2 Å². The van der Waals surface area contributed by atoms with Crippen molar-refractivity contribution in [3.63, 3.8) is 0 Å². The zero-order valence-corrected chi connectivity index (χ0v) is 11.6. The number of fused-ring (bicyclic) bond motifs is 1. The van der Waals surface area contributed by atoms with Gasteiger partial charge in [0.05, 0.1) is 25.9 Å². The quantitative estimate of drug-likeness (QED) is 0.728. The summed E-state index contributed by atoms with van der Waals surface area (Å²) in [5.74, 6) is 0.850. The first-order valence-corrected chi connectivity index (χ1v) is 6.84. The van der Waals surface area contributed by atoms with E-state index in [-0.39, 0.29) is 19.3 Å². The van der Waals surface area contributed by atoms with Crippen molar-refractivity contribution in [1.82, 2.24) is 5.32 Å². The molecule has 3 N–H and O–H groups in total. The highest BCUT2D eigenvalue weighted by atomic mass is 16.5. The highest BCUT2D eigenvalue weighted by Gasteiger charge is 2.33. The number of ether oxygens (including phenoxy) is 1. The van der Waals surface area contributed by atoms with Gasteiger partial charge in [0.2, 0.25) is 0 Å². The van der Waals surface area contributed by atoms with Gasteiger partial charge in [0.1, 0.15) is 5.75 Å². The first-order chi connectivity index (χ1) is 9.18. The summed E-state index contributed by atoms with van der Waals surface area (Å²) in [6.07, 6.45) is 2.70. The molecule has 1 unspecified atom stereocenters. The molecule has 0 aliphatic heterocycles. The average Bonchev–Trinajstić information content (AvgIpc) is 2.87. The molecule has 106 valence electrons. The molecule has 0 bridgehead atoms. The van der Waals surface area contributed by atoms with Crippen molar-refractivity contribution in [3.8, 4) is 5.75 Å². The molecule has 1 aromatic rings. The molecule has 2 rings (SSSR count). The number of rotatable bonds is 6. The van der Waals surface area contributed by atoms with E-state index in [9.17, 15) is 10.2 Å². The Morgan fingerprint density at radius 3 is 2.68 bits per heavy atom.